The van der Waals surface area contributed by atoms with Crippen molar-refractivity contribution in [2.75, 3.05) is 24.0 Å². The van der Waals surface area contributed by atoms with Gasteiger partial charge in [0.25, 0.3) is 0 Å². The number of thioether (sulfide) groups is 1. The van der Waals surface area contributed by atoms with Crippen LogP contribution >= 0.6 is 27.7 Å². The lowest BCUT2D eigenvalue weighted by Crippen LogP contribution is -2.33. The first-order valence-corrected chi connectivity index (χ1v) is 7.21. The second-order valence-corrected chi connectivity index (χ2v) is 5.29. The maximum absolute atomic E-state index is 4.40. The standard InChI is InChI=1S/C11H17BrN2S/c1-4-10(8-15-3)14(2)11-6-5-9(12)7-13-11/h5-7,10H,4,8H2,1-3H3. The van der Waals surface area contributed by atoms with Gasteiger partial charge in [-0.15, -0.1) is 0 Å². The van der Waals surface area contributed by atoms with Gasteiger partial charge in [0.2, 0.25) is 0 Å². The summed E-state index contributed by atoms with van der Waals surface area (Å²) in [5.74, 6) is 2.18. The third-order valence-corrected chi connectivity index (χ3v) is 3.64. The van der Waals surface area contributed by atoms with Crippen LogP contribution in [0.2, 0.25) is 0 Å². The fourth-order valence-electron chi connectivity index (χ4n) is 1.46. The van der Waals surface area contributed by atoms with Crippen molar-refractivity contribution < 1.29 is 0 Å². The molecule has 1 heterocycles. The molecule has 2 nitrogen and oxygen atoms in total. The minimum absolute atomic E-state index is 0.564. The van der Waals surface area contributed by atoms with Gasteiger partial charge in [-0.3, -0.25) is 0 Å². The molecule has 0 aliphatic carbocycles. The Labute approximate surface area is 105 Å². The molecule has 15 heavy (non-hydrogen) atoms. The molecule has 1 rings (SSSR count). The molecule has 1 aromatic rings. The first kappa shape index (κ1) is 12.8. The second-order valence-electron chi connectivity index (χ2n) is 3.46. The van der Waals surface area contributed by atoms with Crippen LogP contribution in [0.15, 0.2) is 22.8 Å². The van der Waals surface area contributed by atoms with E-state index >= 15 is 0 Å². The molecule has 0 saturated heterocycles. The zero-order chi connectivity index (χ0) is 11.3. The monoisotopic (exact) mass is 288 g/mol. The minimum atomic E-state index is 0.564. The number of halogens is 1. The van der Waals surface area contributed by atoms with Crippen LogP contribution in [0.3, 0.4) is 0 Å². The molecule has 84 valence electrons. The molecule has 0 aliphatic rings. The molecule has 0 radical (unpaired) electrons. The molecule has 1 atom stereocenters. The number of hydrogen-bond donors (Lipinski definition) is 0. The van der Waals surface area contributed by atoms with Gasteiger partial charge in [-0.25, -0.2) is 4.98 Å². The Morgan fingerprint density at radius 3 is 2.73 bits per heavy atom. The Morgan fingerprint density at radius 1 is 1.53 bits per heavy atom. The van der Waals surface area contributed by atoms with E-state index in [-0.39, 0.29) is 0 Å². The van der Waals surface area contributed by atoms with Crippen LogP contribution in [-0.4, -0.2) is 30.1 Å². The molecule has 4 heteroatoms. The highest BCUT2D eigenvalue weighted by Gasteiger charge is 2.13. The average Bonchev–Trinajstić information content (AvgIpc) is 2.26. The van der Waals surface area contributed by atoms with Gasteiger partial charge in [0.15, 0.2) is 0 Å². The van der Waals surface area contributed by atoms with Crippen molar-refractivity contribution in [2.24, 2.45) is 0 Å². The summed E-state index contributed by atoms with van der Waals surface area (Å²) in [7, 11) is 2.11. The van der Waals surface area contributed by atoms with E-state index in [0.717, 1.165) is 22.5 Å². The number of hydrogen-bond acceptors (Lipinski definition) is 3. The van der Waals surface area contributed by atoms with Crippen LogP contribution in [0.1, 0.15) is 13.3 Å². The lowest BCUT2D eigenvalue weighted by Gasteiger charge is -2.27. The maximum Gasteiger partial charge on any atom is 0.128 e. The van der Waals surface area contributed by atoms with Crippen molar-refractivity contribution in [1.29, 1.82) is 0 Å². The van der Waals surface area contributed by atoms with Gasteiger partial charge in [0, 0.05) is 29.5 Å². The van der Waals surface area contributed by atoms with E-state index in [9.17, 15) is 0 Å². The summed E-state index contributed by atoms with van der Waals surface area (Å²) in [4.78, 5) is 6.65. The predicted molar refractivity (Wildman–Crippen MR) is 72.8 cm³/mol. The first-order chi connectivity index (χ1) is 7.19. The molecule has 0 amide bonds. The third kappa shape index (κ3) is 3.68. The molecule has 0 fully saturated rings. The summed E-state index contributed by atoms with van der Waals surface area (Å²) in [6.07, 6.45) is 5.14. The lowest BCUT2D eigenvalue weighted by atomic mass is 10.2. The van der Waals surface area contributed by atoms with Gasteiger partial charge >= 0.3 is 0 Å². The number of nitrogens with zero attached hydrogens (tertiary/aromatic N) is 2. The molecule has 0 saturated carbocycles. The summed E-state index contributed by atoms with van der Waals surface area (Å²) in [6, 6.07) is 4.64. The Bertz CT molecular complexity index is 289. The molecule has 0 aliphatic heterocycles. The van der Waals surface area contributed by atoms with E-state index in [2.05, 4.69) is 46.0 Å². The van der Waals surface area contributed by atoms with Crippen LogP contribution < -0.4 is 4.90 Å². The third-order valence-electron chi connectivity index (χ3n) is 2.45. The largest absolute Gasteiger partial charge is 0.356 e. The quantitative estimate of drug-likeness (QED) is 0.826. The van der Waals surface area contributed by atoms with Gasteiger partial charge in [-0.2, -0.15) is 11.8 Å². The Kier molecular flexibility index (Phi) is 5.47. The van der Waals surface area contributed by atoms with Crippen molar-refractivity contribution in [3.63, 3.8) is 0 Å². The molecule has 0 spiro atoms. The normalized spacial score (nSPS) is 12.5. The Hall–Kier alpha value is -0.220. The van der Waals surface area contributed by atoms with Crippen molar-refractivity contribution in [2.45, 2.75) is 19.4 Å². The molecule has 1 unspecified atom stereocenters. The summed E-state index contributed by atoms with van der Waals surface area (Å²) < 4.78 is 1.03. The second kappa shape index (κ2) is 6.38. The molecule has 0 N–H and O–H groups in total. The maximum atomic E-state index is 4.40. The van der Waals surface area contributed by atoms with Crippen LogP contribution in [0.5, 0.6) is 0 Å². The fourth-order valence-corrected chi connectivity index (χ4v) is 2.54. The average molecular weight is 289 g/mol. The minimum Gasteiger partial charge on any atom is -0.356 e. The number of anilines is 1. The smallest absolute Gasteiger partial charge is 0.128 e. The van der Waals surface area contributed by atoms with Crippen molar-refractivity contribution in [3.05, 3.63) is 22.8 Å². The summed E-state index contributed by atoms with van der Waals surface area (Å²) in [5.41, 5.74) is 0. The van der Waals surface area contributed by atoms with Gasteiger partial charge in [0.05, 0.1) is 0 Å². The number of pyridine rings is 1. The van der Waals surface area contributed by atoms with Crippen LogP contribution in [0.25, 0.3) is 0 Å². The summed E-state index contributed by atoms with van der Waals surface area (Å²) in [6.45, 7) is 2.22. The van der Waals surface area contributed by atoms with Crippen molar-refractivity contribution in [3.8, 4) is 0 Å². The molecule has 0 bridgehead atoms. The van der Waals surface area contributed by atoms with Crippen LogP contribution in [0, 0.1) is 0 Å². The number of rotatable bonds is 5. The van der Waals surface area contributed by atoms with E-state index in [0.29, 0.717) is 6.04 Å². The predicted octanol–water partition coefficient (Wildman–Crippen LogP) is 3.42. The van der Waals surface area contributed by atoms with Gasteiger partial charge in [-0.1, -0.05) is 6.92 Å². The lowest BCUT2D eigenvalue weighted by molar-refractivity contribution is 0.666. The number of aromatic nitrogens is 1. The highest BCUT2D eigenvalue weighted by Crippen LogP contribution is 2.18. The fraction of sp³-hybridized carbons (Fsp3) is 0.545. The highest BCUT2D eigenvalue weighted by molar-refractivity contribution is 9.10. The van der Waals surface area contributed by atoms with E-state index in [1.807, 2.05) is 30.1 Å². The summed E-state index contributed by atoms with van der Waals surface area (Å²) >= 11 is 5.28. The van der Waals surface area contributed by atoms with E-state index in [1.54, 1.807) is 0 Å². The van der Waals surface area contributed by atoms with Crippen LogP contribution in [0.4, 0.5) is 5.82 Å². The molecule has 1 aromatic heterocycles. The highest BCUT2D eigenvalue weighted by atomic mass is 79.9. The van der Waals surface area contributed by atoms with Gasteiger partial charge in [0.1, 0.15) is 5.82 Å². The SMILES string of the molecule is CCC(CSC)N(C)c1ccc(Br)cn1. The molecule has 0 aromatic carbocycles. The summed E-state index contributed by atoms with van der Waals surface area (Å²) in [5, 5.41) is 0. The van der Waals surface area contributed by atoms with E-state index in [4.69, 9.17) is 0 Å². The molecular weight excluding hydrogens is 272 g/mol. The van der Waals surface area contributed by atoms with Crippen LogP contribution in [-0.2, 0) is 0 Å². The van der Waals surface area contributed by atoms with Crippen molar-refractivity contribution in [1.82, 2.24) is 4.98 Å². The van der Waals surface area contributed by atoms with Crippen molar-refractivity contribution >= 4 is 33.5 Å². The Morgan fingerprint density at radius 2 is 2.27 bits per heavy atom. The zero-order valence-electron chi connectivity index (χ0n) is 9.40. The topological polar surface area (TPSA) is 16.1 Å². The molecular formula is C11H17BrN2S. The zero-order valence-corrected chi connectivity index (χ0v) is 11.8. The van der Waals surface area contributed by atoms with Gasteiger partial charge < -0.3 is 4.90 Å². The first-order valence-electron chi connectivity index (χ1n) is 5.02. The van der Waals surface area contributed by atoms with Gasteiger partial charge in [-0.05, 0) is 40.7 Å². The van der Waals surface area contributed by atoms with E-state index < -0.39 is 0 Å². The van der Waals surface area contributed by atoms with E-state index in [1.165, 1.54) is 0 Å². The Balaban J connectivity index is 2.73.